The molecule has 1 N–H and O–H groups in total. The van der Waals surface area contributed by atoms with Crippen LogP contribution in [0.2, 0.25) is 5.02 Å². The molecule has 0 radical (unpaired) electrons. The van der Waals surface area contributed by atoms with E-state index in [1.165, 1.54) is 0 Å². The number of halogens is 2. The van der Waals surface area contributed by atoms with E-state index in [1.54, 1.807) is 48.5 Å². The van der Waals surface area contributed by atoms with Crippen molar-refractivity contribution >= 4 is 51.0 Å². The molecule has 0 aromatic heterocycles. The Morgan fingerprint density at radius 3 is 2.19 bits per heavy atom. The van der Waals surface area contributed by atoms with Gasteiger partial charge >= 0.3 is 0 Å². The maximum atomic E-state index is 12.8. The van der Waals surface area contributed by atoms with Gasteiger partial charge in [-0.05, 0) is 45.8 Å². The van der Waals surface area contributed by atoms with E-state index >= 15 is 0 Å². The Bertz CT molecular complexity index is 1000. The van der Waals surface area contributed by atoms with Crippen molar-refractivity contribution in [3.63, 3.8) is 0 Å². The SMILES string of the molecule is O=C(Nc1ccc(Cl)cc1C(=O)c1ccccc1)C(Br)=Cc1ccccc1. The zero-order valence-electron chi connectivity index (χ0n) is 14.2. The van der Waals surface area contributed by atoms with Gasteiger partial charge in [-0.2, -0.15) is 0 Å². The Morgan fingerprint density at radius 2 is 1.52 bits per heavy atom. The second kappa shape index (κ2) is 8.80. The summed E-state index contributed by atoms with van der Waals surface area (Å²) in [4.78, 5) is 25.4. The van der Waals surface area contributed by atoms with Crippen LogP contribution in [0, 0.1) is 0 Å². The fraction of sp³-hybridized carbons (Fsp3) is 0. The van der Waals surface area contributed by atoms with Crippen LogP contribution in [0.5, 0.6) is 0 Å². The van der Waals surface area contributed by atoms with E-state index in [0.717, 1.165) is 5.56 Å². The van der Waals surface area contributed by atoms with Crippen molar-refractivity contribution in [2.45, 2.75) is 0 Å². The summed E-state index contributed by atoms with van der Waals surface area (Å²) in [7, 11) is 0. The number of carbonyl (C=O) groups is 2. The van der Waals surface area contributed by atoms with Crippen molar-refractivity contribution in [3.8, 4) is 0 Å². The third-order valence-corrected chi connectivity index (χ3v) is 4.64. The number of benzene rings is 3. The topological polar surface area (TPSA) is 46.2 Å². The second-order valence-electron chi connectivity index (χ2n) is 5.74. The molecule has 3 aromatic rings. The van der Waals surface area contributed by atoms with Crippen LogP contribution >= 0.6 is 27.5 Å². The summed E-state index contributed by atoms with van der Waals surface area (Å²) < 4.78 is 0.349. The minimum absolute atomic E-state index is 0.212. The van der Waals surface area contributed by atoms with Crippen molar-refractivity contribution < 1.29 is 9.59 Å². The molecule has 0 aliphatic rings. The van der Waals surface area contributed by atoms with Gasteiger partial charge in [-0.25, -0.2) is 0 Å². The van der Waals surface area contributed by atoms with Crippen LogP contribution in [0.15, 0.2) is 83.3 Å². The average molecular weight is 441 g/mol. The smallest absolute Gasteiger partial charge is 0.262 e. The number of carbonyl (C=O) groups excluding carboxylic acids is 2. The van der Waals surface area contributed by atoms with Crippen LogP contribution in [0.1, 0.15) is 21.5 Å². The highest BCUT2D eigenvalue weighted by Gasteiger charge is 2.17. The lowest BCUT2D eigenvalue weighted by atomic mass is 10.0. The largest absolute Gasteiger partial charge is 0.321 e. The third-order valence-electron chi connectivity index (χ3n) is 3.82. The van der Waals surface area contributed by atoms with E-state index in [9.17, 15) is 9.59 Å². The molecule has 0 saturated carbocycles. The monoisotopic (exact) mass is 439 g/mol. The number of anilines is 1. The van der Waals surface area contributed by atoms with E-state index in [0.29, 0.717) is 26.3 Å². The summed E-state index contributed by atoms with van der Waals surface area (Å²) in [6.45, 7) is 0. The van der Waals surface area contributed by atoms with Gasteiger partial charge in [-0.3, -0.25) is 9.59 Å². The van der Waals surface area contributed by atoms with Crippen LogP contribution in [0.25, 0.3) is 6.08 Å². The molecular formula is C22H15BrClNO2. The van der Waals surface area contributed by atoms with Gasteiger partial charge in [-0.15, -0.1) is 0 Å². The highest BCUT2D eigenvalue weighted by Crippen LogP contribution is 2.25. The molecule has 0 aliphatic heterocycles. The van der Waals surface area contributed by atoms with Gasteiger partial charge in [-0.1, -0.05) is 72.3 Å². The fourth-order valence-electron chi connectivity index (χ4n) is 2.50. The molecule has 134 valence electrons. The zero-order chi connectivity index (χ0) is 19.2. The summed E-state index contributed by atoms with van der Waals surface area (Å²) in [6.07, 6.45) is 1.71. The van der Waals surface area contributed by atoms with Crippen LogP contribution < -0.4 is 5.32 Å². The van der Waals surface area contributed by atoms with Crippen molar-refractivity contribution in [2.75, 3.05) is 5.32 Å². The number of hydrogen-bond donors (Lipinski definition) is 1. The van der Waals surface area contributed by atoms with Crippen molar-refractivity contribution in [1.29, 1.82) is 0 Å². The van der Waals surface area contributed by atoms with Gasteiger partial charge in [0, 0.05) is 16.1 Å². The van der Waals surface area contributed by atoms with E-state index < -0.39 is 0 Å². The summed E-state index contributed by atoms with van der Waals surface area (Å²) in [5.74, 6) is -0.570. The Kier molecular flexibility index (Phi) is 6.22. The molecule has 5 heteroatoms. The molecular weight excluding hydrogens is 426 g/mol. The number of amides is 1. The lowest BCUT2D eigenvalue weighted by Gasteiger charge is -2.11. The summed E-state index contributed by atoms with van der Waals surface area (Å²) in [6, 6.07) is 23.1. The number of nitrogens with one attached hydrogen (secondary N) is 1. The molecule has 0 aliphatic carbocycles. The number of ketones is 1. The summed E-state index contributed by atoms with van der Waals surface area (Å²) in [5.41, 5.74) is 2.14. The Hall–Kier alpha value is -2.69. The Labute approximate surface area is 170 Å². The number of rotatable bonds is 5. The molecule has 0 saturated heterocycles. The predicted octanol–water partition coefficient (Wildman–Crippen LogP) is 5.95. The molecule has 0 heterocycles. The van der Waals surface area contributed by atoms with Crippen LogP contribution in [-0.2, 0) is 4.79 Å². The van der Waals surface area contributed by atoms with Crippen molar-refractivity contribution in [2.24, 2.45) is 0 Å². The number of hydrogen-bond acceptors (Lipinski definition) is 2. The van der Waals surface area contributed by atoms with Gasteiger partial charge in [0.05, 0.1) is 10.2 Å². The van der Waals surface area contributed by atoms with Gasteiger partial charge in [0.15, 0.2) is 5.78 Å². The van der Waals surface area contributed by atoms with Gasteiger partial charge in [0.2, 0.25) is 0 Å². The molecule has 3 rings (SSSR count). The first kappa shape index (κ1) is 19.1. The first-order chi connectivity index (χ1) is 13.0. The summed E-state index contributed by atoms with van der Waals surface area (Å²) >= 11 is 9.37. The normalized spacial score (nSPS) is 11.1. The molecule has 0 bridgehead atoms. The Balaban J connectivity index is 1.88. The average Bonchev–Trinajstić information content (AvgIpc) is 2.70. The standard InChI is InChI=1S/C22H15BrClNO2/c23-19(13-15-7-3-1-4-8-15)22(27)25-20-12-11-17(24)14-18(20)21(26)16-9-5-2-6-10-16/h1-14H,(H,25,27). The maximum absolute atomic E-state index is 12.8. The summed E-state index contributed by atoms with van der Waals surface area (Å²) in [5, 5.41) is 3.20. The van der Waals surface area contributed by atoms with Crippen molar-refractivity contribution in [1.82, 2.24) is 0 Å². The van der Waals surface area contributed by atoms with E-state index in [2.05, 4.69) is 21.2 Å². The molecule has 3 aromatic carbocycles. The molecule has 0 unspecified atom stereocenters. The van der Waals surface area contributed by atoms with Crippen LogP contribution in [0.3, 0.4) is 0 Å². The van der Waals surface area contributed by atoms with Crippen LogP contribution in [0.4, 0.5) is 5.69 Å². The van der Waals surface area contributed by atoms with E-state index in [-0.39, 0.29) is 11.7 Å². The molecule has 0 fully saturated rings. The molecule has 0 atom stereocenters. The van der Waals surface area contributed by atoms with Crippen molar-refractivity contribution in [3.05, 3.63) is 105 Å². The first-order valence-electron chi connectivity index (χ1n) is 8.17. The minimum atomic E-state index is -0.358. The minimum Gasteiger partial charge on any atom is -0.321 e. The third kappa shape index (κ3) is 4.94. The highest BCUT2D eigenvalue weighted by molar-refractivity contribution is 9.12. The lowest BCUT2D eigenvalue weighted by Crippen LogP contribution is -2.15. The maximum Gasteiger partial charge on any atom is 0.262 e. The molecule has 3 nitrogen and oxygen atoms in total. The van der Waals surface area contributed by atoms with Gasteiger partial charge < -0.3 is 5.32 Å². The highest BCUT2D eigenvalue weighted by atomic mass is 79.9. The fourth-order valence-corrected chi connectivity index (χ4v) is 3.04. The van der Waals surface area contributed by atoms with Crippen LogP contribution in [-0.4, -0.2) is 11.7 Å². The quantitative estimate of drug-likeness (QED) is 0.394. The lowest BCUT2D eigenvalue weighted by molar-refractivity contribution is -0.112. The molecule has 27 heavy (non-hydrogen) atoms. The second-order valence-corrected chi connectivity index (χ2v) is 7.03. The predicted molar refractivity (Wildman–Crippen MR) is 113 cm³/mol. The van der Waals surface area contributed by atoms with E-state index in [4.69, 9.17) is 11.6 Å². The first-order valence-corrected chi connectivity index (χ1v) is 9.34. The van der Waals surface area contributed by atoms with Gasteiger partial charge in [0.25, 0.3) is 5.91 Å². The molecule has 0 spiro atoms. The Morgan fingerprint density at radius 1 is 0.889 bits per heavy atom. The molecule has 1 amide bonds. The zero-order valence-corrected chi connectivity index (χ0v) is 16.5. The van der Waals surface area contributed by atoms with E-state index in [1.807, 2.05) is 36.4 Å². The van der Waals surface area contributed by atoms with Gasteiger partial charge in [0.1, 0.15) is 0 Å².